The van der Waals surface area contributed by atoms with Crippen molar-refractivity contribution in [3.63, 3.8) is 0 Å². The summed E-state index contributed by atoms with van der Waals surface area (Å²) in [5.74, 6) is 0.732. The van der Waals surface area contributed by atoms with E-state index in [4.69, 9.17) is 12.0 Å². The number of hydrogen-bond acceptors (Lipinski definition) is 2. The van der Waals surface area contributed by atoms with Crippen LogP contribution in [0.3, 0.4) is 0 Å². The van der Waals surface area contributed by atoms with Gasteiger partial charge in [0.15, 0.2) is 0 Å². The first-order valence-corrected chi connectivity index (χ1v) is 11.0. The van der Waals surface area contributed by atoms with Gasteiger partial charge in [0.25, 0.3) is 0 Å². The summed E-state index contributed by atoms with van der Waals surface area (Å²) >= 11 is 0. The van der Waals surface area contributed by atoms with Crippen LogP contribution in [0.4, 0.5) is 0 Å². The van der Waals surface area contributed by atoms with Crippen LogP contribution in [-0.4, -0.2) is 22.3 Å². The van der Waals surface area contributed by atoms with Gasteiger partial charge in [0.1, 0.15) is 0 Å². The first-order chi connectivity index (χ1) is 14.6. The SMILES string of the molecule is [2H]C1([2H])C[C@@]2(C)[C@H](CC[C@@H]3[C@@H]2CC[C@]2(C)[C@@H]([C@H](C)CCC(=O)O)CC[C@@H]32)C([2H])([2H])C1([2H])O. The van der Waals surface area contributed by atoms with Gasteiger partial charge in [-0.15, -0.1) is 0 Å². The molecule has 1 unspecified atom stereocenters. The molecular formula is C24H40O3. The quantitative estimate of drug-likeness (QED) is 0.675. The normalized spacial score (nSPS) is 59.6. The van der Waals surface area contributed by atoms with E-state index >= 15 is 0 Å². The number of aliphatic hydroxyl groups is 1. The van der Waals surface area contributed by atoms with Crippen molar-refractivity contribution < 1.29 is 21.9 Å². The molecule has 0 aromatic heterocycles. The monoisotopic (exact) mass is 381 g/mol. The summed E-state index contributed by atoms with van der Waals surface area (Å²) in [6.45, 7) is 6.62. The number of carboxylic acid groups (broad SMARTS) is 1. The first-order valence-electron chi connectivity index (χ1n) is 13.5. The molecule has 0 aromatic rings. The molecule has 0 radical (unpaired) electrons. The van der Waals surface area contributed by atoms with Crippen LogP contribution in [-0.2, 0) is 4.79 Å². The third-order valence-electron chi connectivity index (χ3n) is 9.39. The molecule has 2 N–H and O–H groups in total. The highest BCUT2D eigenvalue weighted by atomic mass is 16.4. The predicted octanol–water partition coefficient (Wildman–Crippen LogP) is 5.51. The minimum Gasteiger partial charge on any atom is -0.481 e. The molecule has 9 atom stereocenters. The lowest BCUT2D eigenvalue weighted by molar-refractivity contribution is -0.138. The number of carbonyl (C=O) groups is 1. The van der Waals surface area contributed by atoms with Crippen molar-refractivity contribution in [2.45, 2.75) is 97.4 Å². The molecule has 0 saturated heterocycles. The second-order valence-electron chi connectivity index (χ2n) is 10.5. The summed E-state index contributed by atoms with van der Waals surface area (Å²) in [7, 11) is 0. The molecule has 0 aromatic carbocycles. The lowest BCUT2D eigenvalue weighted by Gasteiger charge is -2.61. The summed E-state index contributed by atoms with van der Waals surface area (Å²) in [4.78, 5) is 11.1. The Morgan fingerprint density at radius 3 is 2.63 bits per heavy atom. The molecule has 27 heavy (non-hydrogen) atoms. The molecule has 3 nitrogen and oxygen atoms in total. The first kappa shape index (κ1) is 14.4. The Labute approximate surface area is 172 Å². The topological polar surface area (TPSA) is 57.5 Å². The summed E-state index contributed by atoms with van der Waals surface area (Å²) in [6.07, 6.45) is -0.743. The van der Waals surface area contributed by atoms with E-state index in [9.17, 15) is 9.90 Å². The molecule has 4 rings (SSSR count). The Morgan fingerprint density at radius 1 is 1.15 bits per heavy atom. The second kappa shape index (κ2) is 7.04. The van der Waals surface area contributed by atoms with Crippen molar-refractivity contribution in [2.75, 3.05) is 0 Å². The summed E-state index contributed by atoms with van der Waals surface area (Å²) in [5.41, 5.74) is -0.414. The Morgan fingerprint density at radius 2 is 1.89 bits per heavy atom. The highest BCUT2D eigenvalue weighted by Crippen LogP contribution is 2.68. The number of hydrogen-bond donors (Lipinski definition) is 2. The molecule has 0 amide bonds. The minimum atomic E-state index is -2.74. The van der Waals surface area contributed by atoms with Gasteiger partial charge < -0.3 is 10.2 Å². The molecular weight excluding hydrogens is 336 g/mol. The van der Waals surface area contributed by atoms with Gasteiger partial charge in [-0.05, 0) is 110 Å². The Kier molecular flexibility index (Phi) is 3.76. The second-order valence-corrected chi connectivity index (χ2v) is 10.5. The zero-order valence-corrected chi connectivity index (χ0v) is 17.1. The lowest BCUT2D eigenvalue weighted by Crippen LogP contribution is -2.54. The van der Waals surface area contributed by atoms with Gasteiger partial charge in [0.05, 0.1) is 7.45 Å². The maximum Gasteiger partial charge on any atom is 0.303 e. The fourth-order valence-corrected chi connectivity index (χ4v) is 7.97. The summed E-state index contributed by atoms with van der Waals surface area (Å²) in [6, 6.07) is 0. The van der Waals surface area contributed by atoms with Crippen LogP contribution in [0.5, 0.6) is 0 Å². The maximum atomic E-state index is 11.1. The van der Waals surface area contributed by atoms with Crippen molar-refractivity contribution in [2.24, 2.45) is 46.3 Å². The van der Waals surface area contributed by atoms with Crippen molar-refractivity contribution >= 4 is 5.97 Å². The summed E-state index contributed by atoms with van der Waals surface area (Å²) < 4.78 is 42.4. The van der Waals surface area contributed by atoms with Gasteiger partial charge in [0, 0.05) is 11.9 Å². The van der Waals surface area contributed by atoms with Crippen LogP contribution in [0.15, 0.2) is 0 Å². The van der Waals surface area contributed by atoms with Crippen LogP contribution >= 0.6 is 0 Å². The molecule has 0 heterocycles. The van der Waals surface area contributed by atoms with Crippen LogP contribution in [0.2, 0.25) is 0 Å². The van der Waals surface area contributed by atoms with Gasteiger partial charge in [-0.1, -0.05) is 20.8 Å². The summed E-state index contributed by atoms with van der Waals surface area (Å²) in [5, 5.41) is 19.8. The average molecular weight is 382 g/mol. The molecule has 0 bridgehead atoms. The van der Waals surface area contributed by atoms with E-state index in [2.05, 4.69) is 13.8 Å². The van der Waals surface area contributed by atoms with E-state index in [0.717, 1.165) is 32.1 Å². The lowest BCUT2D eigenvalue weighted by atomic mass is 9.44. The predicted molar refractivity (Wildman–Crippen MR) is 107 cm³/mol. The fourth-order valence-electron chi connectivity index (χ4n) is 7.97. The molecule has 4 aliphatic rings. The van der Waals surface area contributed by atoms with E-state index < -0.39 is 36.1 Å². The van der Waals surface area contributed by atoms with E-state index in [1.807, 2.05) is 6.92 Å². The molecule has 0 aliphatic heterocycles. The number of carboxylic acids is 1. The molecule has 154 valence electrons. The zero-order chi connectivity index (χ0) is 23.9. The van der Waals surface area contributed by atoms with Crippen LogP contribution in [0.25, 0.3) is 0 Å². The van der Waals surface area contributed by atoms with Crippen molar-refractivity contribution in [3.8, 4) is 0 Å². The minimum absolute atomic E-state index is 0.0349. The Hall–Kier alpha value is -0.570. The molecule has 4 aliphatic carbocycles. The zero-order valence-electron chi connectivity index (χ0n) is 22.1. The van der Waals surface area contributed by atoms with Crippen LogP contribution in [0.1, 0.15) is 98.2 Å². The van der Waals surface area contributed by atoms with Crippen molar-refractivity contribution in [3.05, 3.63) is 0 Å². The highest BCUT2D eigenvalue weighted by molar-refractivity contribution is 5.66. The van der Waals surface area contributed by atoms with Gasteiger partial charge >= 0.3 is 5.97 Å². The highest BCUT2D eigenvalue weighted by Gasteiger charge is 2.60. The molecule has 4 saturated carbocycles. The number of rotatable bonds is 4. The molecule has 0 spiro atoms. The molecule has 3 heteroatoms. The third kappa shape index (κ3) is 3.16. The third-order valence-corrected chi connectivity index (χ3v) is 9.39. The van der Waals surface area contributed by atoms with Crippen LogP contribution in [0, 0.1) is 46.3 Å². The molecule has 4 fully saturated rings. The average Bonchev–Trinajstić information content (AvgIpc) is 3.01. The van der Waals surface area contributed by atoms with Crippen molar-refractivity contribution in [1.29, 1.82) is 0 Å². The van der Waals surface area contributed by atoms with E-state index in [1.54, 1.807) is 0 Å². The number of fused-ring (bicyclic) bond motifs is 5. The standard InChI is InChI=1S/C24H40O3/c1-15(4-9-22(26)27)19-7-8-20-18-6-5-16-14-17(25)10-12-23(16,2)21(18)11-13-24(19,20)3/h15-21,25H,4-14H2,1-3H3,(H,26,27)/t15-,16-,17?,18+,19-,20+,21+,23+,24-/m1/s1/i10D2,14D2,17D. The Balaban J connectivity index is 1.61. The van der Waals surface area contributed by atoms with Crippen LogP contribution < -0.4 is 0 Å². The maximum absolute atomic E-state index is 11.1. The fraction of sp³-hybridized carbons (Fsp3) is 0.958. The van der Waals surface area contributed by atoms with E-state index in [0.29, 0.717) is 36.5 Å². The number of aliphatic carboxylic acids is 1. The van der Waals surface area contributed by atoms with E-state index in [1.165, 1.54) is 0 Å². The van der Waals surface area contributed by atoms with Gasteiger partial charge in [-0.3, -0.25) is 4.79 Å². The van der Waals surface area contributed by atoms with Gasteiger partial charge in [-0.2, -0.15) is 0 Å². The van der Waals surface area contributed by atoms with Gasteiger partial charge in [0.2, 0.25) is 0 Å². The largest absolute Gasteiger partial charge is 0.481 e. The Bertz CT molecular complexity index is 771. The van der Waals surface area contributed by atoms with Crippen molar-refractivity contribution in [1.82, 2.24) is 0 Å². The van der Waals surface area contributed by atoms with Gasteiger partial charge in [-0.25, -0.2) is 0 Å². The smallest absolute Gasteiger partial charge is 0.303 e. The van der Waals surface area contributed by atoms with E-state index in [-0.39, 0.29) is 24.2 Å².